The number of aliphatic imine (C=N–C) groups is 1. The van der Waals surface area contributed by atoms with Gasteiger partial charge in [-0.25, -0.2) is 9.98 Å². The van der Waals surface area contributed by atoms with Crippen molar-refractivity contribution in [3.8, 4) is 0 Å². The lowest BCUT2D eigenvalue weighted by Crippen LogP contribution is -2.28. The van der Waals surface area contributed by atoms with Crippen LogP contribution in [0.2, 0.25) is 0 Å². The first kappa shape index (κ1) is 11.9. The van der Waals surface area contributed by atoms with Crippen molar-refractivity contribution in [2.45, 2.75) is 39.7 Å². The Hall–Kier alpha value is -1.58. The lowest BCUT2D eigenvalue weighted by molar-refractivity contribution is 0.399. The van der Waals surface area contributed by atoms with Crippen molar-refractivity contribution < 1.29 is 0 Å². The highest BCUT2D eigenvalue weighted by Gasteiger charge is 2.27. The average Bonchev–Trinajstić information content (AvgIpc) is 2.66. The molecule has 0 fully saturated rings. The Morgan fingerprint density at radius 1 is 1.35 bits per heavy atom. The number of aromatic nitrogens is 2. The van der Waals surface area contributed by atoms with Crippen molar-refractivity contribution >= 4 is 17.4 Å². The standard InChI is InChI=1S/C13H20N4/c1-7-10-15-12-11(9(2)16(10)6)14-8-17(12)13(3,4)5/h8H,2,7H2,1,3-6H3. The molecule has 92 valence electrons. The maximum Gasteiger partial charge on any atom is 0.164 e. The van der Waals surface area contributed by atoms with Crippen LogP contribution in [0.25, 0.3) is 5.70 Å². The summed E-state index contributed by atoms with van der Waals surface area (Å²) in [5.74, 6) is 1.96. The van der Waals surface area contributed by atoms with E-state index in [1.165, 1.54) is 0 Å². The van der Waals surface area contributed by atoms with E-state index in [1.807, 2.05) is 18.3 Å². The number of amidine groups is 1. The third kappa shape index (κ3) is 1.77. The van der Waals surface area contributed by atoms with Gasteiger partial charge in [-0.2, -0.15) is 0 Å². The minimum Gasteiger partial charge on any atom is -0.331 e. The molecule has 2 heterocycles. The molecule has 0 aliphatic carbocycles. The highest BCUT2D eigenvalue weighted by molar-refractivity contribution is 5.95. The first-order valence-corrected chi connectivity index (χ1v) is 5.94. The molecule has 1 aliphatic heterocycles. The van der Waals surface area contributed by atoms with Crippen LogP contribution >= 0.6 is 0 Å². The van der Waals surface area contributed by atoms with Gasteiger partial charge in [0.1, 0.15) is 11.5 Å². The Morgan fingerprint density at radius 2 is 2.00 bits per heavy atom. The van der Waals surface area contributed by atoms with Crippen molar-refractivity contribution in [3.05, 3.63) is 18.6 Å². The molecule has 0 saturated heterocycles. The summed E-state index contributed by atoms with van der Waals surface area (Å²) in [6.45, 7) is 12.7. The summed E-state index contributed by atoms with van der Waals surface area (Å²) in [7, 11) is 1.99. The van der Waals surface area contributed by atoms with Gasteiger partial charge in [0.25, 0.3) is 0 Å². The average molecular weight is 232 g/mol. The fraction of sp³-hybridized carbons (Fsp3) is 0.538. The fourth-order valence-corrected chi connectivity index (χ4v) is 1.97. The Morgan fingerprint density at radius 3 is 2.53 bits per heavy atom. The maximum atomic E-state index is 4.70. The van der Waals surface area contributed by atoms with E-state index in [0.29, 0.717) is 0 Å². The number of nitrogens with zero attached hydrogens (tertiary/aromatic N) is 4. The van der Waals surface area contributed by atoms with Crippen LogP contribution in [0.1, 0.15) is 39.8 Å². The molecule has 4 nitrogen and oxygen atoms in total. The van der Waals surface area contributed by atoms with E-state index >= 15 is 0 Å². The van der Waals surface area contributed by atoms with E-state index < -0.39 is 0 Å². The van der Waals surface area contributed by atoms with Gasteiger partial charge in [0.05, 0.1) is 12.0 Å². The molecular weight excluding hydrogens is 212 g/mol. The number of hydrogen-bond donors (Lipinski definition) is 0. The van der Waals surface area contributed by atoms with Crippen LogP contribution in [0.4, 0.5) is 5.82 Å². The second kappa shape index (κ2) is 3.72. The van der Waals surface area contributed by atoms with E-state index in [2.05, 4.69) is 43.8 Å². The van der Waals surface area contributed by atoms with Crippen LogP contribution in [0.15, 0.2) is 17.9 Å². The summed E-state index contributed by atoms with van der Waals surface area (Å²) in [6, 6.07) is 0. The Labute approximate surface area is 103 Å². The van der Waals surface area contributed by atoms with Gasteiger partial charge in [0.2, 0.25) is 0 Å². The third-order valence-electron chi connectivity index (χ3n) is 3.08. The molecule has 0 bridgehead atoms. The van der Waals surface area contributed by atoms with Crippen LogP contribution in [-0.4, -0.2) is 27.3 Å². The van der Waals surface area contributed by atoms with Crippen LogP contribution in [0.5, 0.6) is 0 Å². The predicted molar refractivity (Wildman–Crippen MR) is 71.4 cm³/mol. The number of fused-ring (bicyclic) bond motifs is 1. The Kier molecular flexibility index (Phi) is 2.60. The molecule has 0 radical (unpaired) electrons. The minimum atomic E-state index is -0.0148. The molecule has 17 heavy (non-hydrogen) atoms. The van der Waals surface area contributed by atoms with Crippen molar-refractivity contribution in [1.82, 2.24) is 14.5 Å². The van der Waals surface area contributed by atoms with Crippen LogP contribution in [-0.2, 0) is 5.54 Å². The van der Waals surface area contributed by atoms with Gasteiger partial charge in [-0.05, 0) is 20.8 Å². The zero-order valence-corrected chi connectivity index (χ0v) is 11.3. The van der Waals surface area contributed by atoms with Crippen molar-refractivity contribution in [1.29, 1.82) is 0 Å². The molecule has 0 saturated carbocycles. The van der Waals surface area contributed by atoms with E-state index in [4.69, 9.17) is 4.99 Å². The molecule has 1 aromatic heterocycles. The van der Waals surface area contributed by atoms with E-state index in [-0.39, 0.29) is 5.54 Å². The van der Waals surface area contributed by atoms with Gasteiger partial charge in [0, 0.05) is 19.0 Å². The summed E-state index contributed by atoms with van der Waals surface area (Å²) in [6.07, 6.45) is 2.75. The first-order chi connectivity index (χ1) is 7.86. The molecule has 4 heteroatoms. The lowest BCUT2D eigenvalue weighted by Gasteiger charge is -2.29. The molecule has 0 aromatic carbocycles. The zero-order valence-electron chi connectivity index (χ0n) is 11.3. The van der Waals surface area contributed by atoms with Gasteiger partial charge < -0.3 is 9.47 Å². The molecule has 1 aromatic rings. The predicted octanol–water partition coefficient (Wildman–Crippen LogP) is 2.99. The lowest BCUT2D eigenvalue weighted by atomic mass is 10.1. The highest BCUT2D eigenvalue weighted by Crippen LogP contribution is 2.35. The number of imidazole rings is 1. The zero-order chi connectivity index (χ0) is 12.8. The molecule has 0 spiro atoms. The van der Waals surface area contributed by atoms with E-state index in [9.17, 15) is 0 Å². The summed E-state index contributed by atoms with van der Waals surface area (Å²) in [4.78, 5) is 11.2. The second-order valence-corrected chi connectivity index (χ2v) is 5.34. The smallest absolute Gasteiger partial charge is 0.164 e. The maximum absolute atomic E-state index is 4.70. The van der Waals surface area contributed by atoms with Crippen molar-refractivity contribution in [2.24, 2.45) is 4.99 Å². The Balaban J connectivity index is 2.61. The van der Waals surface area contributed by atoms with E-state index in [1.54, 1.807) is 0 Å². The Bertz CT molecular complexity index is 488. The van der Waals surface area contributed by atoms with Crippen LogP contribution in [0, 0.1) is 0 Å². The molecule has 2 rings (SSSR count). The normalized spacial score (nSPS) is 15.9. The summed E-state index contributed by atoms with van der Waals surface area (Å²) < 4.78 is 2.11. The summed E-state index contributed by atoms with van der Waals surface area (Å²) in [5, 5.41) is 0. The molecular formula is C13H20N4. The highest BCUT2D eigenvalue weighted by atomic mass is 15.3. The second-order valence-electron chi connectivity index (χ2n) is 5.34. The van der Waals surface area contributed by atoms with Crippen molar-refractivity contribution in [2.75, 3.05) is 7.05 Å². The SMILES string of the molecule is C=C1c2ncn(C(C)(C)C)c2N=C(CC)N1C. The minimum absolute atomic E-state index is 0.0148. The van der Waals surface area contributed by atoms with Gasteiger partial charge in [0.15, 0.2) is 5.82 Å². The van der Waals surface area contributed by atoms with Gasteiger partial charge in [-0.15, -0.1) is 0 Å². The largest absolute Gasteiger partial charge is 0.331 e. The van der Waals surface area contributed by atoms with Crippen molar-refractivity contribution in [3.63, 3.8) is 0 Å². The van der Waals surface area contributed by atoms with E-state index in [0.717, 1.165) is 29.5 Å². The number of rotatable bonds is 1. The number of hydrogen-bond acceptors (Lipinski definition) is 3. The topological polar surface area (TPSA) is 33.4 Å². The fourth-order valence-electron chi connectivity index (χ4n) is 1.97. The first-order valence-electron chi connectivity index (χ1n) is 5.94. The van der Waals surface area contributed by atoms with Gasteiger partial charge >= 0.3 is 0 Å². The third-order valence-corrected chi connectivity index (χ3v) is 3.08. The molecule has 0 N–H and O–H groups in total. The molecule has 0 atom stereocenters. The molecule has 1 aliphatic rings. The molecule has 0 amide bonds. The quantitative estimate of drug-likeness (QED) is 0.745. The molecule has 0 unspecified atom stereocenters. The summed E-state index contributed by atoms with van der Waals surface area (Å²) in [5.41, 5.74) is 1.80. The van der Waals surface area contributed by atoms with Gasteiger partial charge in [-0.1, -0.05) is 13.5 Å². The monoisotopic (exact) mass is 232 g/mol. The van der Waals surface area contributed by atoms with Crippen LogP contribution in [0.3, 0.4) is 0 Å². The van der Waals surface area contributed by atoms with Crippen LogP contribution < -0.4 is 0 Å². The summed E-state index contributed by atoms with van der Waals surface area (Å²) >= 11 is 0. The van der Waals surface area contributed by atoms with Gasteiger partial charge in [-0.3, -0.25) is 0 Å².